The molecule has 204 valence electrons. The van der Waals surface area contributed by atoms with Crippen LogP contribution in [0.15, 0.2) is 48.5 Å². The summed E-state index contributed by atoms with van der Waals surface area (Å²) in [5, 5.41) is 0. The molecule has 0 bridgehead atoms. The van der Waals surface area contributed by atoms with E-state index in [1.54, 1.807) is 38.5 Å². The first kappa shape index (κ1) is 30.7. The SMILES string of the molecule is CCCCCCCCCCCCCCCCCc1ccc(C=CC(=O)c2cc(OC)cc(OC)c2)cc1. The van der Waals surface area contributed by atoms with E-state index in [0.717, 1.165) is 12.0 Å². The van der Waals surface area contributed by atoms with Crippen LogP contribution in [0.5, 0.6) is 11.5 Å². The van der Waals surface area contributed by atoms with Gasteiger partial charge in [-0.1, -0.05) is 127 Å². The Morgan fingerprint density at radius 1 is 0.649 bits per heavy atom. The summed E-state index contributed by atoms with van der Waals surface area (Å²) < 4.78 is 10.5. The molecule has 0 heterocycles. The molecule has 2 aromatic rings. The van der Waals surface area contributed by atoms with Crippen LogP contribution in [0.4, 0.5) is 0 Å². The van der Waals surface area contributed by atoms with E-state index in [-0.39, 0.29) is 5.78 Å². The van der Waals surface area contributed by atoms with Crippen molar-refractivity contribution in [3.63, 3.8) is 0 Å². The summed E-state index contributed by atoms with van der Waals surface area (Å²) in [6.07, 6.45) is 25.6. The van der Waals surface area contributed by atoms with Crippen LogP contribution in [-0.2, 0) is 6.42 Å². The third-order valence-corrected chi connectivity index (χ3v) is 7.11. The first-order valence-electron chi connectivity index (χ1n) is 14.7. The Kier molecular flexibility index (Phi) is 16.2. The number of ether oxygens (including phenoxy) is 2. The van der Waals surface area contributed by atoms with Crippen molar-refractivity contribution in [2.24, 2.45) is 0 Å². The fourth-order valence-electron chi connectivity index (χ4n) is 4.71. The highest BCUT2D eigenvalue weighted by atomic mass is 16.5. The van der Waals surface area contributed by atoms with Crippen LogP contribution in [0, 0.1) is 0 Å². The summed E-state index contributed by atoms with van der Waals surface area (Å²) >= 11 is 0. The van der Waals surface area contributed by atoms with Gasteiger partial charge in [0.15, 0.2) is 5.78 Å². The molecule has 0 aliphatic heterocycles. The van der Waals surface area contributed by atoms with Crippen LogP contribution in [0.1, 0.15) is 125 Å². The van der Waals surface area contributed by atoms with Gasteiger partial charge in [0.2, 0.25) is 0 Å². The van der Waals surface area contributed by atoms with Gasteiger partial charge in [0.05, 0.1) is 14.2 Å². The van der Waals surface area contributed by atoms with Crippen LogP contribution in [-0.4, -0.2) is 20.0 Å². The normalized spacial score (nSPS) is 11.2. The van der Waals surface area contributed by atoms with Gasteiger partial charge in [-0.3, -0.25) is 4.79 Å². The Morgan fingerprint density at radius 3 is 1.57 bits per heavy atom. The van der Waals surface area contributed by atoms with Crippen molar-refractivity contribution >= 4 is 11.9 Å². The molecule has 3 heteroatoms. The van der Waals surface area contributed by atoms with Gasteiger partial charge in [0, 0.05) is 11.6 Å². The summed E-state index contributed by atoms with van der Waals surface area (Å²) in [5.74, 6) is 1.15. The maximum atomic E-state index is 12.6. The van der Waals surface area contributed by atoms with Gasteiger partial charge in [-0.2, -0.15) is 0 Å². The molecule has 0 N–H and O–H groups in total. The lowest BCUT2D eigenvalue weighted by Gasteiger charge is -2.06. The molecule has 0 aliphatic carbocycles. The number of ketones is 1. The molecule has 0 saturated carbocycles. The molecule has 2 rings (SSSR count). The maximum Gasteiger partial charge on any atom is 0.186 e. The number of benzene rings is 2. The summed E-state index contributed by atoms with van der Waals surface area (Å²) in [6.45, 7) is 2.29. The lowest BCUT2D eigenvalue weighted by Crippen LogP contribution is -1.97. The van der Waals surface area contributed by atoms with Crippen molar-refractivity contribution in [1.82, 2.24) is 0 Å². The number of aryl methyl sites for hydroxylation is 1. The molecule has 0 aliphatic rings. The van der Waals surface area contributed by atoms with Gasteiger partial charge in [0.25, 0.3) is 0 Å². The quantitative estimate of drug-likeness (QED) is 0.0959. The zero-order valence-electron chi connectivity index (χ0n) is 23.7. The standard InChI is InChI=1S/C34H50O3/c1-4-5-6-7-8-9-10-11-12-13-14-15-16-17-18-19-29-20-22-30(23-21-29)24-25-34(35)31-26-32(36-2)28-33(27-31)37-3/h20-28H,4-19H2,1-3H3. The molecule has 0 spiro atoms. The Morgan fingerprint density at radius 2 is 1.11 bits per heavy atom. The van der Waals surface area contributed by atoms with E-state index >= 15 is 0 Å². The predicted octanol–water partition coefficient (Wildman–Crippen LogP) is 10.0. The zero-order valence-corrected chi connectivity index (χ0v) is 23.7. The van der Waals surface area contributed by atoms with Crippen LogP contribution in [0.25, 0.3) is 6.08 Å². The lowest BCUT2D eigenvalue weighted by atomic mass is 10.0. The minimum Gasteiger partial charge on any atom is -0.497 e. The van der Waals surface area contributed by atoms with E-state index in [9.17, 15) is 4.79 Å². The minimum absolute atomic E-state index is 0.0703. The van der Waals surface area contributed by atoms with E-state index in [2.05, 4.69) is 31.2 Å². The number of rotatable bonds is 21. The molecule has 0 atom stereocenters. The average molecular weight is 507 g/mol. The number of carbonyl (C=O) groups is 1. The molecule has 2 aromatic carbocycles. The Balaban J connectivity index is 1.55. The first-order chi connectivity index (χ1) is 18.2. The minimum atomic E-state index is -0.0703. The van der Waals surface area contributed by atoms with E-state index in [1.807, 2.05) is 6.08 Å². The summed E-state index contributed by atoms with van der Waals surface area (Å²) in [4.78, 5) is 12.6. The first-order valence-corrected chi connectivity index (χ1v) is 14.7. The van der Waals surface area contributed by atoms with Crippen molar-refractivity contribution in [2.45, 2.75) is 110 Å². The zero-order chi connectivity index (χ0) is 26.6. The van der Waals surface area contributed by atoms with Crippen molar-refractivity contribution in [3.8, 4) is 11.5 Å². The van der Waals surface area contributed by atoms with Gasteiger partial charge >= 0.3 is 0 Å². The second-order valence-electron chi connectivity index (χ2n) is 10.2. The highest BCUT2D eigenvalue weighted by Crippen LogP contribution is 2.23. The van der Waals surface area contributed by atoms with Crippen LogP contribution < -0.4 is 9.47 Å². The van der Waals surface area contributed by atoms with Crippen molar-refractivity contribution < 1.29 is 14.3 Å². The van der Waals surface area contributed by atoms with Crippen molar-refractivity contribution in [2.75, 3.05) is 14.2 Å². The molecule has 0 saturated heterocycles. The number of allylic oxidation sites excluding steroid dienone is 1. The smallest absolute Gasteiger partial charge is 0.186 e. The molecular formula is C34H50O3. The molecule has 37 heavy (non-hydrogen) atoms. The van der Waals surface area contributed by atoms with Gasteiger partial charge in [-0.05, 0) is 42.2 Å². The van der Waals surface area contributed by atoms with Crippen molar-refractivity contribution in [1.29, 1.82) is 0 Å². The molecule has 0 radical (unpaired) electrons. The fourth-order valence-corrected chi connectivity index (χ4v) is 4.71. The number of hydrogen-bond acceptors (Lipinski definition) is 3. The predicted molar refractivity (Wildman–Crippen MR) is 158 cm³/mol. The maximum absolute atomic E-state index is 12.6. The second-order valence-corrected chi connectivity index (χ2v) is 10.2. The van der Waals surface area contributed by atoms with E-state index < -0.39 is 0 Å². The second kappa shape index (κ2) is 19.5. The van der Waals surface area contributed by atoms with Crippen LogP contribution in [0.2, 0.25) is 0 Å². The van der Waals surface area contributed by atoms with Crippen LogP contribution in [0.3, 0.4) is 0 Å². The van der Waals surface area contributed by atoms with Gasteiger partial charge in [0.1, 0.15) is 11.5 Å². The number of unbranched alkanes of at least 4 members (excludes halogenated alkanes) is 14. The van der Waals surface area contributed by atoms with E-state index in [4.69, 9.17) is 9.47 Å². The third kappa shape index (κ3) is 13.5. The molecular weight excluding hydrogens is 456 g/mol. The number of methoxy groups -OCH3 is 2. The van der Waals surface area contributed by atoms with Crippen LogP contribution >= 0.6 is 0 Å². The Hall–Kier alpha value is -2.55. The summed E-state index contributed by atoms with van der Waals surface area (Å²) in [7, 11) is 3.17. The largest absolute Gasteiger partial charge is 0.497 e. The topological polar surface area (TPSA) is 35.5 Å². The monoisotopic (exact) mass is 506 g/mol. The molecule has 0 aromatic heterocycles. The summed E-state index contributed by atoms with van der Waals surface area (Å²) in [6, 6.07) is 13.8. The highest BCUT2D eigenvalue weighted by molar-refractivity contribution is 6.07. The van der Waals surface area contributed by atoms with E-state index in [0.29, 0.717) is 17.1 Å². The van der Waals surface area contributed by atoms with Gasteiger partial charge in [-0.15, -0.1) is 0 Å². The fraction of sp³-hybridized carbons (Fsp3) is 0.559. The Bertz CT molecular complexity index is 876. The Labute approximate surface area is 226 Å². The van der Waals surface area contributed by atoms with E-state index in [1.165, 1.54) is 102 Å². The lowest BCUT2D eigenvalue weighted by molar-refractivity contribution is 0.104. The van der Waals surface area contributed by atoms with Gasteiger partial charge in [-0.25, -0.2) is 0 Å². The van der Waals surface area contributed by atoms with Gasteiger partial charge < -0.3 is 9.47 Å². The number of carbonyl (C=O) groups excluding carboxylic acids is 1. The summed E-state index contributed by atoms with van der Waals surface area (Å²) in [5.41, 5.74) is 2.95. The molecule has 0 unspecified atom stereocenters. The number of hydrogen-bond donors (Lipinski definition) is 0. The van der Waals surface area contributed by atoms with Crippen molar-refractivity contribution in [3.05, 3.63) is 65.2 Å². The highest BCUT2D eigenvalue weighted by Gasteiger charge is 2.07. The molecule has 0 fully saturated rings. The molecule has 3 nitrogen and oxygen atoms in total. The third-order valence-electron chi connectivity index (χ3n) is 7.11. The molecule has 0 amide bonds. The average Bonchev–Trinajstić information content (AvgIpc) is 2.94.